The quantitative estimate of drug-likeness (QED) is 0.326. The molecule has 0 radical (unpaired) electrons. The Bertz CT molecular complexity index is 1480. The minimum atomic E-state index is -0.491. The second-order valence-electron chi connectivity index (χ2n) is 7.52. The van der Waals surface area contributed by atoms with Crippen LogP contribution in [0.2, 0.25) is 5.02 Å². The van der Waals surface area contributed by atoms with Gasteiger partial charge in [0.25, 0.3) is 5.91 Å². The van der Waals surface area contributed by atoms with Gasteiger partial charge in [0.15, 0.2) is 5.76 Å². The first-order chi connectivity index (χ1) is 16.5. The van der Waals surface area contributed by atoms with Crippen LogP contribution in [0, 0.1) is 5.82 Å². The summed E-state index contributed by atoms with van der Waals surface area (Å²) in [6, 6.07) is 21.2. The Morgan fingerprint density at radius 3 is 2.76 bits per heavy atom. The molecule has 5 rings (SSSR count). The van der Waals surface area contributed by atoms with Gasteiger partial charge in [0.2, 0.25) is 5.95 Å². The van der Waals surface area contributed by atoms with Crippen molar-refractivity contribution in [3.63, 3.8) is 0 Å². The van der Waals surface area contributed by atoms with Crippen molar-refractivity contribution < 1.29 is 18.3 Å². The number of rotatable bonds is 7. The molecule has 1 N–H and O–H groups in total. The van der Waals surface area contributed by atoms with Crippen molar-refractivity contribution >= 4 is 34.2 Å². The van der Waals surface area contributed by atoms with Gasteiger partial charge in [-0.05, 0) is 52.7 Å². The van der Waals surface area contributed by atoms with Crippen molar-refractivity contribution in [3.8, 4) is 5.75 Å². The maximum Gasteiger partial charge on any atom is 0.293 e. The zero-order valence-electron chi connectivity index (χ0n) is 17.7. The van der Waals surface area contributed by atoms with Gasteiger partial charge >= 0.3 is 0 Å². The van der Waals surface area contributed by atoms with E-state index in [1.54, 1.807) is 18.2 Å². The molecule has 1 amide bonds. The maximum atomic E-state index is 13.2. The number of hydrogen-bond donors (Lipinski definition) is 1. The van der Waals surface area contributed by atoms with E-state index in [1.807, 2.05) is 42.5 Å². The van der Waals surface area contributed by atoms with Gasteiger partial charge in [0, 0.05) is 5.02 Å². The van der Waals surface area contributed by atoms with Gasteiger partial charge in [0.05, 0.1) is 6.54 Å². The van der Waals surface area contributed by atoms with Crippen LogP contribution in [-0.2, 0) is 13.2 Å². The van der Waals surface area contributed by atoms with Crippen LogP contribution in [0.5, 0.6) is 5.75 Å². The fourth-order valence-electron chi connectivity index (χ4n) is 3.40. The molecule has 0 bridgehead atoms. The molecule has 0 saturated carbocycles. The topological polar surface area (TPSA) is 82.2 Å². The first-order valence-corrected chi connectivity index (χ1v) is 10.8. The summed E-state index contributed by atoms with van der Waals surface area (Å²) in [5.41, 5.74) is 0.674. The molecular weight excluding hydrogens is 459 g/mol. The van der Waals surface area contributed by atoms with Gasteiger partial charge in [-0.15, -0.1) is 5.10 Å². The second kappa shape index (κ2) is 9.36. The number of carbonyl (C=O) groups excluding carboxylic acids is 1. The summed E-state index contributed by atoms with van der Waals surface area (Å²) in [4.78, 5) is 16.6. The van der Waals surface area contributed by atoms with Crippen LogP contribution in [-0.4, -0.2) is 20.7 Å². The minimum Gasteiger partial charge on any atom is -0.486 e. The number of benzene rings is 3. The molecule has 3 aromatic carbocycles. The van der Waals surface area contributed by atoms with E-state index in [-0.39, 0.29) is 29.9 Å². The molecule has 7 nitrogen and oxygen atoms in total. The summed E-state index contributed by atoms with van der Waals surface area (Å²) in [6.45, 7) is 0.454. The highest BCUT2D eigenvalue weighted by Crippen LogP contribution is 2.22. The van der Waals surface area contributed by atoms with E-state index in [1.165, 1.54) is 23.1 Å². The number of hydrogen-bond acceptors (Lipinski definition) is 5. The first-order valence-electron chi connectivity index (χ1n) is 10.4. The number of fused-ring (bicyclic) bond motifs is 1. The monoisotopic (exact) mass is 476 g/mol. The summed E-state index contributed by atoms with van der Waals surface area (Å²) in [6.07, 6.45) is 1.44. The Kier molecular flexibility index (Phi) is 5.97. The lowest BCUT2D eigenvalue weighted by molar-refractivity contribution is 0.0991. The molecule has 0 fully saturated rings. The van der Waals surface area contributed by atoms with E-state index in [9.17, 15) is 9.18 Å². The third-order valence-electron chi connectivity index (χ3n) is 5.10. The zero-order chi connectivity index (χ0) is 23.5. The largest absolute Gasteiger partial charge is 0.486 e. The molecule has 9 heteroatoms. The number of halogens is 2. The van der Waals surface area contributed by atoms with E-state index in [2.05, 4.69) is 15.4 Å². The van der Waals surface area contributed by atoms with E-state index < -0.39 is 11.7 Å². The highest BCUT2D eigenvalue weighted by molar-refractivity contribution is 6.31. The van der Waals surface area contributed by atoms with Crippen molar-refractivity contribution in [3.05, 3.63) is 107 Å². The van der Waals surface area contributed by atoms with Crippen LogP contribution in [0.1, 0.15) is 21.9 Å². The summed E-state index contributed by atoms with van der Waals surface area (Å²) in [7, 11) is 0. The lowest BCUT2D eigenvalue weighted by atomic mass is 10.1. The van der Waals surface area contributed by atoms with E-state index in [4.69, 9.17) is 20.8 Å². The molecule has 0 aliphatic heterocycles. The molecule has 5 aromatic rings. The lowest BCUT2D eigenvalue weighted by Gasteiger charge is -2.06. The normalized spacial score (nSPS) is 11.0. The number of amides is 1. The number of carbonyl (C=O) groups is 1. The lowest BCUT2D eigenvalue weighted by Crippen LogP contribution is -2.12. The Labute approximate surface area is 198 Å². The number of furan rings is 1. The molecule has 2 heterocycles. The second-order valence-corrected chi connectivity index (χ2v) is 7.93. The number of anilines is 1. The Morgan fingerprint density at radius 1 is 1.06 bits per heavy atom. The molecule has 2 aromatic heterocycles. The standard InChI is InChI=1S/C25H18ClFN4O3/c26-22-12-19(27)7-5-18(22)13-31-15-28-25(30-31)29-24(32)23-10-9-21(34-23)14-33-20-8-6-16-3-1-2-4-17(16)11-20/h1-12,15H,13-14H2,(H,29,30,32). The number of nitrogens with zero attached hydrogens (tertiary/aromatic N) is 3. The van der Waals surface area contributed by atoms with Crippen LogP contribution >= 0.6 is 11.6 Å². The van der Waals surface area contributed by atoms with Crippen LogP contribution in [0.3, 0.4) is 0 Å². The van der Waals surface area contributed by atoms with Gasteiger partial charge in [-0.2, -0.15) is 0 Å². The van der Waals surface area contributed by atoms with E-state index in [0.29, 0.717) is 17.1 Å². The predicted molar refractivity (Wildman–Crippen MR) is 125 cm³/mol. The van der Waals surface area contributed by atoms with Crippen molar-refractivity contribution in [1.82, 2.24) is 14.8 Å². The molecule has 0 saturated heterocycles. The van der Waals surface area contributed by atoms with Gasteiger partial charge in [0.1, 0.15) is 30.3 Å². The first kappa shape index (κ1) is 21.7. The Hall–Kier alpha value is -4.17. The summed E-state index contributed by atoms with van der Waals surface area (Å²) < 4.78 is 26.1. The molecule has 0 aliphatic carbocycles. The summed E-state index contributed by atoms with van der Waals surface area (Å²) >= 11 is 6.05. The molecule has 0 spiro atoms. The van der Waals surface area contributed by atoms with Crippen LogP contribution in [0.25, 0.3) is 10.8 Å². The van der Waals surface area contributed by atoms with Gasteiger partial charge in [-0.3, -0.25) is 10.1 Å². The third-order valence-corrected chi connectivity index (χ3v) is 5.45. The molecule has 170 valence electrons. The summed E-state index contributed by atoms with van der Waals surface area (Å²) in [5.74, 6) is 0.513. The SMILES string of the molecule is O=C(Nc1ncn(Cc2ccc(F)cc2Cl)n1)c1ccc(COc2ccc3ccccc3c2)o1. The van der Waals surface area contributed by atoms with Crippen molar-refractivity contribution in [2.75, 3.05) is 5.32 Å². The van der Waals surface area contributed by atoms with Crippen LogP contribution < -0.4 is 10.1 Å². The van der Waals surface area contributed by atoms with Crippen LogP contribution in [0.15, 0.2) is 83.5 Å². The van der Waals surface area contributed by atoms with Crippen molar-refractivity contribution in [2.45, 2.75) is 13.2 Å². The fourth-order valence-corrected chi connectivity index (χ4v) is 3.63. The van der Waals surface area contributed by atoms with Gasteiger partial charge in [-0.25, -0.2) is 14.1 Å². The van der Waals surface area contributed by atoms with Gasteiger partial charge in [-0.1, -0.05) is 48.0 Å². The molecule has 0 atom stereocenters. The number of ether oxygens (including phenoxy) is 1. The smallest absolute Gasteiger partial charge is 0.293 e. The van der Waals surface area contributed by atoms with Crippen molar-refractivity contribution in [1.29, 1.82) is 0 Å². The van der Waals surface area contributed by atoms with Gasteiger partial charge < -0.3 is 9.15 Å². The molecule has 0 aliphatic rings. The Balaban J connectivity index is 1.18. The van der Waals surface area contributed by atoms with E-state index in [0.717, 1.165) is 10.8 Å². The highest BCUT2D eigenvalue weighted by Gasteiger charge is 2.14. The maximum absolute atomic E-state index is 13.2. The highest BCUT2D eigenvalue weighted by atomic mass is 35.5. The predicted octanol–water partition coefficient (Wildman–Crippen LogP) is 5.70. The number of aromatic nitrogens is 3. The molecular formula is C25H18ClFN4O3. The summed E-state index contributed by atoms with van der Waals surface area (Å²) in [5, 5.41) is 9.28. The van der Waals surface area contributed by atoms with E-state index >= 15 is 0 Å². The third kappa shape index (κ3) is 4.92. The minimum absolute atomic E-state index is 0.105. The van der Waals surface area contributed by atoms with Crippen LogP contribution in [0.4, 0.5) is 10.3 Å². The average molecular weight is 477 g/mol. The van der Waals surface area contributed by atoms with Crippen molar-refractivity contribution in [2.24, 2.45) is 0 Å². The fraction of sp³-hybridized carbons (Fsp3) is 0.0800. The Morgan fingerprint density at radius 2 is 1.91 bits per heavy atom. The molecule has 0 unspecified atom stereocenters. The average Bonchev–Trinajstić information content (AvgIpc) is 3.49. The molecule has 34 heavy (non-hydrogen) atoms. The number of nitrogens with one attached hydrogen (secondary N) is 1. The zero-order valence-corrected chi connectivity index (χ0v) is 18.5.